The summed E-state index contributed by atoms with van der Waals surface area (Å²) in [7, 11) is 1.59. The van der Waals surface area contributed by atoms with Crippen molar-refractivity contribution in [2.45, 2.75) is 6.92 Å². The molecule has 1 heterocycles. The Kier molecular flexibility index (Phi) is 5.84. The maximum absolute atomic E-state index is 12.3. The number of ether oxygens (including phenoxy) is 2. The molecule has 3 rings (SSSR count). The highest BCUT2D eigenvalue weighted by Crippen LogP contribution is 2.19. The van der Waals surface area contributed by atoms with E-state index in [1.54, 1.807) is 31.4 Å². The highest BCUT2D eigenvalue weighted by atomic mass is 16.5. The van der Waals surface area contributed by atoms with Gasteiger partial charge in [0, 0.05) is 11.4 Å². The first-order valence-electron chi connectivity index (χ1n) is 8.45. The molecule has 2 aromatic carbocycles. The lowest BCUT2D eigenvalue weighted by atomic mass is 10.3. The topological polar surface area (TPSA) is 85.4 Å². The Morgan fingerprint density at radius 2 is 1.59 bits per heavy atom. The highest BCUT2D eigenvalue weighted by molar-refractivity contribution is 6.02. The highest BCUT2D eigenvalue weighted by Gasteiger charge is 2.09. The zero-order chi connectivity index (χ0) is 19.1. The molecule has 27 heavy (non-hydrogen) atoms. The van der Waals surface area contributed by atoms with Crippen LogP contribution in [0.5, 0.6) is 11.5 Å². The molecule has 3 aromatic rings. The third kappa shape index (κ3) is 4.94. The average molecular weight is 364 g/mol. The summed E-state index contributed by atoms with van der Waals surface area (Å²) in [5.74, 6) is 1.73. The van der Waals surface area contributed by atoms with Crippen LogP contribution in [0.1, 0.15) is 17.4 Å². The summed E-state index contributed by atoms with van der Waals surface area (Å²) in [6.07, 6.45) is 2.94. The van der Waals surface area contributed by atoms with Crippen LogP contribution in [0.4, 0.5) is 17.2 Å². The lowest BCUT2D eigenvalue weighted by Crippen LogP contribution is -2.14. The van der Waals surface area contributed by atoms with Gasteiger partial charge in [0.1, 0.15) is 23.0 Å². The minimum Gasteiger partial charge on any atom is -0.497 e. The van der Waals surface area contributed by atoms with Gasteiger partial charge in [-0.1, -0.05) is 0 Å². The molecule has 1 amide bonds. The number of carbonyl (C=O) groups is 1. The molecule has 0 spiro atoms. The maximum atomic E-state index is 12.3. The molecule has 138 valence electrons. The van der Waals surface area contributed by atoms with Crippen LogP contribution in [0.25, 0.3) is 0 Å². The van der Waals surface area contributed by atoms with E-state index >= 15 is 0 Å². The molecular formula is C20H20N4O3. The first kappa shape index (κ1) is 18.2. The summed E-state index contributed by atoms with van der Waals surface area (Å²) in [5, 5.41) is 5.89. The number of nitrogens with one attached hydrogen (secondary N) is 2. The number of hydrogen-bond donors (Lipinski definition) is 2. The number of amides is 1. The molecule has 7 nitrogen and oxygen atoms in total. The summed E-state index contributed by atoms with van der Waals surface area (Å²) >= 11 is 0. The Morgan fingerprint density at radius 1 is 0.926 bits per heavy atom. The Labute approximate surface area is 157 Å². The molecule has 0 aliphatic carbocycles. The largest absolute Gasteiger partial charge is 0.497 e. The first-order chi connectivity index (χ1) is 13.2. The van der Waals surface area contributed by atoms with Crippen LogP contribution >= 0.6 is 0 Å². The fourth-order valence-electron chi connectivity index (χ4n) is 2.33. The maximum Gasteiger partial charge on any atom is 0.275 e. The van der Waals surface area contributed by atoms with Gasteiger partial charge in [0.15, 0.2) is 0 Å². The van der Waals surface area contributed by atoms with E-state index in [-0.39, 0.29) is 11.6 Å². The quantitative estimate of drug-likeness (QED) is 0.662. The zero-order valence-electron chi connectivity index (χ0n) is 15.1. The van der Waals surface area contributed by atoms with Crippen LogP contribution < -0.4 is 20.1 Å². The molecule has 0 fully saturated rings. The van der Waals surface area contributed by atoms with E-state index in [0.717, 1.165) is 17.2 Å². The number of benzene rings is 2. The monoisotopic (exact) mass is 364 g/mol. The zero-order valence-corrected chi connectivity index (χ0v) is 15.1. The number of nitrogens with zero attached hydrogens (tertiary/aromatic N) is 2. The molecule has 0 saturated heterocycles. The number of methoxy groups -OCH3 is 1. The van der Waals surface area contributed by atoms with Crippen molar-refractivity contribution in [2.75, 3.05) is 24.4 Å². The van der Waals surface area contributed by atoms with E-state index in [1.165, 1.54) is 12.4 Å². The van der Waals surface area contributed by atoms with Crippen molar-refractivity contribution in [3.8, 4) is 11.5 Å². The Balaban J connectivity index is 1.61. The predicted molar refractivity (Wildman–Crippen MR) is 104 cm³/mol. The number of aromatic nitrogens is 2. The van der Waals surface area contributed by atoms with Gasteiger partial charge >= 0.3 is 0 Å². The van der Waals surface area contributed by atoms with Crippen LogP contribution in [-0.4, -0.2) is 29.6 Å². The Bertz CT molecular complexity index is 879. The third-order valence-corrected chi connectivity index (χ3v) is 3.67. The van der Waals surface area contributed by atoms with Gasteiger partial charge in [-0.2, -0.15) is 0 Å². The van der Waals surface area contributed by atoms with Crippen molar-refractivity contribution in [3.05, 3.63) is 66.6 Å². The third-order valence-electron chi connectivity index (χ3n) is 3.67. The lowest BCUT2D eigenvalue weighted by Gasteiger charge is -2.08. The second kappa shape index (κ2) is 8.66. The van der Waals surface area contributed by atoms with Crippen molar-refractivity contribution < 1.29 is 14.3 Å². The van der Waals surface area contributed by atoms with E-state index in [0.29, 0.717) is 18.1 Å². The summed E-state index contributed by atoms with van der Waals surface area (Å²) in [6, 6.07) is 14.6. The fraction of sp³-hybridized carbons (Fsp3) is 0.150. The number of anilines is 3. The van der Waals surface area contributed by atoms with Gasteiger partial charge in [0.25, 0.3) is 5.91 Å². The summed E-state index contributed by atoms with van der Waals surface area (Å²) in [4.78, 5) is 20.7. The minimum absolute atomic E-state index is 0.225. The molecular weight excluding hydrogens is 344 g/mol. The molecule has 1 aromatic heterocycles. The number of carbonyl (C=O) groups excluding carboxylic acids is 1. The van der Waals surface area contributed by atoms with Gasteiger partial charge < -0.3 is 20.1 Å². The van der Waals surface area contributed by atoms with Gasteiger partial charge in [-0.05, 0) is 55.5 Å². The van der Waals surface area contributed by atoms with Crippen molar-refractivity contribution in [2.24, 2.45) is 0 Å². The van der Waals surface area contributed by atoms with Gasteiger partial charge in [0.2, 0.25) is 0 Å². The van der Waals surface area contributed by atoms with E-state index in [1.807, 2.05) is 31.2 Å². The molecule has 2 N–H and O–H groups in total. The molecule has 0 aliphatic rings. The Hall–Kier alpha value is -3.61. The van der Waals surface area contributed by atoms with Crippen molar-refractivity contribution >= 4 is 23.1 Å². The van der Waals surface area contributed by atoms with Crippen LogP contribution in [0.15, 0.2) is 60.9 Å². The molecule has 0 aliphatic heterocycles. The minimum atomic E-state index is -0.333. The van der Waals surface area contributed by atoms with Crippen LogP contribution in [0, 0.1) is 0 Å². The second-order valence-electron chi connectivity index (χ2n) is 5.55. The number of rotatable bonds is 7. The van der Waals surface area contributed by atoms with Gasteiger partial charge in [-0.15, -0.1) is 0 Å². The van der Waals surface area contributed by atoms with Crippen molar-refractivity contribution in [1.29, 1.82) is 0 Å². The van der Waals surface area contributed by atoms with Gasteiger partial charge in [0.05, 0.1) is 26.1 Å². The summed E-state index contributed by atoms with van der Waals surface area (Å²) in [6.45, 7) is 2.56. The molecule has 0 unspecified atom stereocenters. The molecule has 7 heteroatoms. The predicted octanol–water partition coefficient (Wildman–Crippen LogP) is 3.88. The lowest BCUT2D eigenvalue weighted by molar-refractivity contribution is 0.102. The smallest absolute Gasteiger partial charge is 0.275 e. The summed E-state index contributed by atoms with van der Waals surface area (Å²) in [5.41, 5.74) is 1.73. The molecule has 0 atom stereocenters. The van der Waals surface area contributed by atoms with Crippen molar-refractivity contribution in [1.82, 2.24) is 9.97 Å². The molecule has 0 bridgehead atoms. The van der Waals surface area contributed by atoms with E-state index in [9.17, 15) is 4.79 Å². The fourth-order valence-corrected chi connectivity index (χ4v) is 2.33. The van der Waals surface area contributed by atoms with E-state index in [2.05, 4.69) is 20.6 Å². The second-order valence-corrected chi connectivity index (χ2v) is 5.55. The normalized spacial score (nSPS) is 10.1. The molecule has 0 saturated carbocycles. The van der Waals surface area contributed by atoms with Crippen LogP contribution in [0.2, 0.25) is 0 Å². The average Bonchev–Trinajstić information content (AvgIpc) is 2.71. The van der Waals surface area contributed by atoms with Gasteiger partial charge in [-0.25, -0.2) is 9.97 Å². The van der Waals surface area contributed by atoms with E-state index in [4.69, 9.17) is 9.47 Å². The number of hydrogen-bond acceptors (Lipinski definition) is 6. The van der Waals surface area contributed by atoms with Crippen molar-refractivity contribution in [3.63, 3.8) is 0 Å². The van der Waals surface area contributed by atoms with Crippen LogP contribution in [-0.2, 0) is 0 Å². The molecule has 0 radical (unpaired) electrons. The van der Waals surface area contributed by atoms with Crippen LogP contribution in [0.3, 0.4) is 0 Å². The van der Waals surface area contributed by atoms with E-state index < -0.39 is 0 Å². The van der Waals surface area contributed by atoms with Gasteiger partial charge in [-0.3, -0.25) is 4.79 Å². The SMILES string of the molecule is CCOc1ccc(Nc2cnc(C(=O)Nc3ccc(OC)cc3)cn2)cc1. The summed E-state index contributed by atoms with van der Waals surface area (Å²) < 4.78 is 10.5. The first-order valence-corrected chi connectivity index (χ1v) is 8.45. The Morgan fingerprint density at radius 3 is 2.19 bits per heavy atom. The standard InChI is InChI=1S/C20H20N4O3/c1-3-27-17-10-6-14(7-11-17)23-19-13-21-18(12-22-19)20(25)24-15-4-8-16(26-2)9-5-15/h4-13H,3H2,1-2H3,(H,22,23)(H,24,25).